The van der Waals surface area contributed by atoms with Crippen molar-refractivity contribution in [1.82, 2.24) is 5.32 Å². The highest BCUT2D eigenvalue weighted by atomic mass is 16.5. The molecule has 1 aromatic carbocycles. The van der Waals surface area contributed by atoms with Crippen LogP contribution >= 0.6 is 0 Å². The second kappa shape index (κ2) is 5.62. The van der Waals surface area contributed by atoms with E-state index >= 15 is 0 Å². The fraction of sp³-hybridized carbons (Fsp3) is 0.429. The van der Waals surface area contributed by atoms with E-state index in [1.54, 1.807) is 6.08 Å². The Morgan fingerprint density at radius 3 is 2.81 bits per heavy atom. The molecule has 0 amide bonds. The van der Waals surface area contributed by atoms with Crippen LogP contribution in [0.2, 0.25) is 0 Å². The van der Waals surface area contributed by atoms with Gasteiger partial charge in [0.25, 0.3) is 0 Å². The maximum atomic E-state index is 12.8. The van der Waals surface area contributed by atoms with E-state index < -0.39 is 11.4 Å². The van der Waals surface area contributed by atoms with Crippen molar-refractivity contribution in [3.05, 3.63) is 52.2 Å². The number of fused-ring (bicyclic) bond motifs is 1. The minimum absolute atomic E-state index is 0.153. The first-order valence-electron chi connectivity index (χ1n) is 9.39. The van der Waals surface area contributed by atoms with Gasteiger partial charge in [0.1, 0.15) is 0 Å². The predicted octanol–water partition coefficient (Wildman–Crippen LogP) is 1.59. The predicted molar refractivity (Wildman–Crippen MR) is 99.3 cm³/mol. The van der Waals surface area contributed by atoms with Crippen LogP contribution in [0.15, 0.2) is 41.1 Å². The smallest absolute Gasteiger partial charge is 0.339 e. The Morgan fingerprint density at radius 1 is 1.22 bits per heavy atom. The molecule has 0 radical (unpaired) electrons. The van der Waals surface area contributed by atoms with E-state index in [2.05, 4.69) is 28.4 Å². The molecule has 0 aromatic heterocycles. The Kier molecular flexibility index (Phi) is 3.41. The SMILES string of the molecule is COC(=O)C1=CC(C(=O)OC)=C2NCC[C@@]23c2cccc4c2N(CCC4)[C@@H]13. The van der Waals surface area contributed by atoms with Crippen LogP contribution in [0.3, 0.4) is 0 Å². The number of carbonyl (C=O) groups is 2. The molecule has 2 atom stereocenters. The molecule has 6 heteroatoms. The maximum Gasteiger partial charge on any atom is 0.339 e. The Morgan fingerprint density at radius 2 is 2.04 bits per heavy atom. The van der Waals surface area contributed by atoms with Crippen LogP contribution in [0.5, 0.6) is 0 Å². The van der Waals surface area contributed by atoms with Crippen molar-refractivity contribution in [2.45, 2.75) is 30.7 Å². The van der Waals surface area contributed by atoms with Gasteiger partial charge in [-0.2, -0.15) is 0 Å². The summed E-state index contributed by atoms with van der Waals surface area (Å²) in [6.07, 6.45) is 4.59. The van der Waals surface area contributed by atoms with E-state index in [9.17, 15) is 9.59 Å². The largest absolute Gasteiger partial charge is 0.466 e. The number of carbonyl (C=O) groups excluding carboxylic acids is 2. The average Bonchev–Trinajstić information content (AvgIpc) is 3.27. The number of nitrogens with zero attached hydrogens (tertiary/aromatic N) is 1. The van der Waals surface area contributed by atoms with Crippen molar-refractivity contribution in [3.8, 4) is 0 Å². The third kappa shape index (κ3) is 1.90. The molecule has 1 saturated heterocycles. The molecule has 1 aromatic rings. The highest BCUT2D eigenvalue weighted by Gasteiger charge is 2.61. The zero-order valence-corrected chi connectivity index (χ0v) is 15.5. The maximum absolute atomic E-state index is 12.8. The molecule has 1 spiro atoms. The van der Waals surface area contributed by atoms with E-state index in [0.29, 0.717) is 11.1 Å². The second-order valence-electron chi connectivity index (χ2n) is 7.53. The molecule has 6 nitrogen and oxygen atoms in total. The zero-order valence-electron chi connectivity index (χ0n) is 15.5. The minimum atomic E-state index is -0.433. The van der Waals surface area contributed by atoms with Gasteiger partial charge in [-0.15, -0.1) is 0 Å². The summed E-state index contributed by atoms with van der Waals surface area (Å²) in [6, 6.07) is 6.27. The number of para-hydroxylation sites is 1. The molecule has 3 aliphatic heterocycles. The molecule has 3 heterocycles. The van der Waals surface area contributed by atoms with E-state index in [-0.39, 0.29) is 12.0 Å². The number of methoxy groups -OCH3 is 2. The zero-order chi connectivity index (χ0) is 18.8. The highest BCUT2D eigenvalue weighted by Crippen LogP contribution is 2.59. The topological polar surface area (TPSA) is 67.9 Å². The van der Waals surface area contributed by atoms with Crippen molar-refractivity contribution >= 4 is 17.6 Å². The van der Waals surface area contributed by atoms with Crippen LogP contribution < -0.4 is 10.2 Å². The van der Waals surface area contributed by atoms with Crippen molar-refractivity contribution in [2.75, 3.05) is 32.2 Å². The van der Waals surface area contributed by atoms with Crippen molar-refractivity contribution in [2.24, 2.45) is 0 Å². The first kappa shape index (κ1) is 16.4. The Bertz CT molecular complexity index is 932. The summed E-state index contributed by atoms with van der Waals surface area (Å²) in [5, 5.41) is 3.44. The molecule has 0 unspecified atom stereocenters. The lowest BCUT2D eigenvalue weighted by molar-refractivity contribution is -0.136. The van der Waals surface area contributed by atoms with Gasteiger partial charge in [0.15, 0.2) is 0 Å². The van der Waals surface area contributed by atoms with Crippen LogP contribution in [-0.4, -0.2) is 45.3 Å². The molecule has 27 heavy (non-hydrogen) atoms. The van der Waals surface area contributed by atoms with Crippen molar-refractivity contribution in [1.29, 1.82) is 0 Å². The van der Waals surface area contributed by atoms with Crippen LogP contribution in [0.25, 0.3) is 0 Å². The number of anilines is 1. The average molecular weight is 366 g/mol. The number of ether oxygens (including phenoxy) is 2. The fourth-order valence-corrected chi connectivity index (χ4v) is 5.56. The fourth-order valence-electron chi connectivity index (χ4n) is 5.56. The summed E-state index contributed by atoms with van der Waals surface area (Å²) in [6.45, 7) is 1.65. The summed E-state index contributed by atoms with van der Waals surface area (Å²) < 4.78 is 10.2. The van der Waals surface area contributed by atoms with Gasteiger partial charge in [-0.05, 0) is 36.5 Å². The van der Waals surface area contributed by atoms with Crippen molar-refractivity contribution < 1.29 is 19.1 Å². The van der Waals surface area contributed by atoms with E-state index in [0.717, 1.165) is 38.0 Å². The van der Waals surface area contributed by atoms with Gasteiger partial charge in [-0.3, -0.25) is 0 Å². The lowest BCUT2D eigenvalue weighted by atomic mass is 9.67. The van der Waals surface area contributed by atoms with Gasteiger partial charge in [-0.25, -0.2) is 9.59 Å². The lowest BCUT2D eigenvalue weighted by Crippen LogP contribution is -2.51. The third-order valence-corrected chi connectivity index (χ3v) is 6.47. The molecule has 4 aliphatic rings. The Hall–Kier alpha value is -2.76. The molecule has 140 valence electrons. The summed E-state index contributed by atoms with van der Waals surface area (Å²) >= 11 is 0. The highest BCUT2D eigenvalue weighted by molar-refractivity contribution is 6.01. The van der Waals surface area contributed by atoms with Gasteiger partial charge in [-0.1, -0.05) is 18.2 Å². The van der Waals surface area contributed by atoms with E-state index in [1.165, 1.54) is 31.0 Å². The van der Waals surface area contributed by atoms with Crippen LogP contribution in [0.1, 0.15) is 24.0 Å². The quantitative estimate of drug-likeness (QED) is 0.802. The summed E-state index contributed by atoms with van der Waals surface area (Å²) in [4.78, 5) is 27.7. The van der Waals surface area contributed by atoms with Crippen LogP contribution in [-0.2, 0) is 30.9 Å². The van der Waals surface area contributed by atoms with Crippen LogP contribution in [0, 0.1) is 0 Å². The number of benzene rings is 1. The van der Waals surface area contributed by atoms with Gasteiger partial charge in [0.05, 0.1) is 36.8 Å². The Labute approximate surface area is 157 Å². The number of rotatable bonds is 2. The molecular formula is C21H22N2O4. The molecule has 0 bridgehead atoms. The van der Waals surface area contributed by atoms with E-state index in [1.807, 2.05) is 0 Å². The normalized spacial score (nSPS) is 27.3. The minimum Gasteiger partial charge on any atom is -0.466 e. The molecule has 1 N–H and O–H groups in total. The third-order valence-electron chi connectivity index (χ3n) is 6.47. The van der Waals surface area contributed by atoms with Gasteiger partial charge >= 0.3 is 11.9 Å². The number of aryl methyl sites for hydroxylation is 1. The summed E-state index contributed by atoms with van der Waals surface area (Å²) in [7, 11) is 2.76. The second-order valence-corrected chi connectivity index (χ2v) is 7.53. The number of hydrogen-bond acceptors (Lipinski definition) is 6. The molecule has 1 aliphatic carbocycles. The van der Waals surface area contributed by atoms with Gasteiger partial charge < -0.3 is 19.7 Å². The number of nitrogens with one attached hydrogen (secondary N) is 1. The molecule has 1 fully saturated rings. The lowest BCUT2D eigenvalue weighted by Gasteiger charge is -2.41. The van der Waals surface area contributed by atoms with Gasteiger partial charge in [0.2, 0.25) is 0 Å². The molecule has 0 saturated carbocycles. The van der Waals surface area contributed by atoms with Gasteiger partial charge in [0, 0.05) is 24.5 Å². The first-order chi connectivity index (χ1) is 13.1. The molecular weight excluding hydrogens is 344 g/mol. The van der Waals surface area contributed by atoms with Crippen LogP contribution in [0.4, 0.5) is 5.69 Å². The first-order valence-corrected chi connectivity index (χ1v) is 9.39. The Balaban J connectivity index is 1.84. The molecule has 5 rings (SSSR count). The summed E-state index contributed by atoms with van der Waals surface area (Å²) in [5.74, 6) is -0.809. The van der Waals surface area contributed by atoms with Crippen molar-refractivity contribution in [3.63, 3.8) is 0 Å². The summed E-state index contributed by atoms with van der Waals surface area (Å²) in [5.41, 5.74) is 5.18. The monoisotopic (exact) mass is 366 g/mol. The standard InChI is InChI=1S/C21H22N2O4/c1-26-19(24)13-11-14(20(25)27-2)18-21(8-9-22-17(13)21)15-7-3-5-12-6-4-10-23(18)16(12)15/h3,5,7,11,18,22H,4,6,8-10H2,1-2H3/t18-,21+/m0/s1. The van der Waals surface area contributed by atoms with E-state index in [4.69, 9.17) is 9.47 Å². The number of hydrogen-bond donors (Lipinski definition) is 1. The number of esters is 2.